The van der Waals surface area contributed by atoms with Gasteiger partial charge in [-0.3, -0.25) is 4.90 Å². The molecule has 1 saturated heterocycles. The lowest BCUT2D eigenvalue weighted by atomic mass is 9.92. The fraction of sp³-hybridized carbons (Fsp3) is 0.625. The van der Waals surface area contributed by atoms with Gasteiger partial charge in [-0.15, -0.1) is 0 Å². The van der Waals surface area contributed by atoms with Crippen molar-refractivity contribution >= 4 is 0 Å². The summed E-state index contributed by atoms with van der Waals surface area (Å²) >= 11 is 0. The molecule has 1 aromatic rings. The van der Waals surface area contributed by atoms with Gasteiger partial charge in [0.2, 0.25) is 0 Å². The molecule has 1 fully saturated rings. The van der Waals surface area contributed by atoms with Crippen LogP contribution in [0.4, 0.5) is 4.39 Å². The van der Waals surface area contributed by atoms with Crippen molar-refractivity contribution in [3.63, 3.8) is 0 Å². The van der Waals surface area contributed by atoms with Crippen molar-refractivity contribution in [2.24, 2.45) is 0 Å². The van der Waals surface area contributed by atoms with Crippen LogP contribution in [0, 0.1) is 5.82 Å². The van der Waals surface area contributed by atoms with Crippen LogP contribution in [0.5, 0.6) is 0 Å². The van der Waals surface area contributed by atoms with Crippen molar-refractivity contribution in [2.45, 2.75) is 45.2 Å². The van der Waals surface area contributed by atoms with Gasteiger partial charge in [-0.1, -0.05) is 26.0 Å². The molecular weight excluding hydrogens is 239 g/mol. The Morgan fingerprint density at radius 2 is 2.11 bits per heavy atom. The summed E-state index contributed by atoms with van der Waals surface area (Å²) in [6.45, 7) is 8.58. The Morgan fingerprint density at radius 3 is 2.79 bits per heavy atom. The Morgan fingerprint density at radius 1 is 1.32 bits per heavy atom. The van der Waals surface area contributed by atoms with Gasteiger partial charge in [0.15, 0.2) is 0 Å². The molecular formula is C16H25FN2. The maximum absolute atomic E-state index is 13.3. The standard InChI is InChI=1S/C16H25FN2/c1-3-16(4-2)13-19(10-6-9-18-16)12-14-7-5-8-15(17)11-14/h5,7-8,11,18H,3-4,6,9-10,12-13H2,1-2H3. The third-order valence-electron chi connectivity index (χ3n) is 4.33. The summed E-state index contributed by atoms with van der Waals surface area (Å²) in [4.78, 5) is 2.46. The summed E-state index contributed by atoms with van der Waals surface area (Å²) in [5, 5.41) is 3.71. The second-order valence-electron chi connectivity index (χ2n) is 5.61. The van der Waals surface area contributed by atoms with Crippen LogP contribution in [0.1, 0.15) is 38.7 Å². The lowest BCUT2D eigenvalue weighted by Crippen LogP contribution is -2.50. The molecule has 1 N–H and O–H groups in total. The molecule has 0 amide bonds. The summed E-state index contributed by atoms with van der Waals surface area (Å²) in [6, 6.07) is 6.97. The van der Waals surface area contributed by atoms with E-state index in [9.17, 15) is 4.39 Å². The maximum atomic E-state index is 13.3. The number of halogens is 1. The number of nitrogens with zero attached hydrogens (tertiary/aromatic N) is 1. The number of rotatable bonds is 4. The quantitative estimate of drug-likeness (QED) is 0.898. The molecule has 19 heavy (non-hydrogen) atoms. The van der Waals surface area contributed by atoms with Gasteiger partial charge in [0, 0.05) is 18.6 Å². The second kappa shape index (κ2) is 6.49. The Hall–Kier alpha value is -0.930. The summed E-state index contributed by atoms with van der Waals surface area (Å²) in [7, 11) is 0. The Labute approximate surface area is 116 Å². The predicted molar refractivity (Wildman–Crippen MR) is 77.6 cm³/mol. The largest absolute Gasteiger partial charge is 0.310 e. The van der Waals surface area contributed by atoms with E-state index in [1.165, 1.54) is 6.07 Å². The summed E-state index contributed by atoms with van der Waals surface area (Å²) in [5.41, 5.74) is 1.30. The van der Waals surface area contributed by atoms with E-state index in [4.69, 9.17) is 0 Å². The summed E-state index contributed by atoms with van der Waals surface area (Å²) < 4.78 is 13.3. The molecule has 0 saturated carbocycles. The lowest BCUT2D eigenvalue weighted by Gasteiger charge is -2.35. The minimum Gasteiger partial charge on any atom is -0.310 e. The first-order valence-corrected chi connectivity index (χ1v) is 7.39. The van der Waals surface area contributed by atoms with Crippen molar-refractivity contribution in [1.82, 2.24) is 10.2 Å². The molecule has 1 aliphatic rings. The third-order valence-corrected chi connectivity index (χ3v) is 4.33. The van der Waals surface area contributed by atoms with Gasteiger partial charge >= 0.3 is 0 Å². The van der Waals surface area contributed by atoms with E-state index in [1.807, 2.05) is 6.07 Å². The molecule has 2 nitrogen and oxygen atoms in total. The van der Waals surface area contributed by atoms with Crippen LogP contribution in [0.2, 0.25) is 0 Å². The normalized spacial score (nSPS) is 20.2. The first-order chi connectivity index (χ1) is 9.17. The zero-order valence-corrected chi connectivity index (χ0v) is 12.1. The van der Waals surface area contributed by atoms with E-state index >= 15 is 0 Å². The second-order valence-corrected chi connectivity index (χ2v) is 5.61. The topological polar surface area (TPSA) is 15.3 Å². The highest BCUT2D eigenvalue weighted by Gasteiger charge is 2.30. The van der Waals surface area contributed by atoms with Crippen LogP contribution in [0.15, 0.2) is 24.3 Å². The number of benzene rings is 1. The average Bonchev–Trinajstić information content (AvgIpc) is 2.62. The van der Waals surface area contributed by atoms with E-state index in [1.54, 1.807) is 12.1 Å². The van der Waals surface area contributed by atoms with Crippen molar-refractivity contribution in [1.29, 1.82) is 0 Å². The van der Waals surface area contributed by atoms with Crippen molar-refractivity contribution < 1.29 is 4.39 Å². The first kappa shape index (κ1) is 14.5. The molecule has 1 aliphatic heterocycles. The Balaban J connectivity index is 2.06. The van der Waals surface area contributed by atoms with Crippen molar-refractivity contribution in [2.75, 3.05) is 19.6 Å². The monoisotopic (exact) mass is 264 g/mol. The number of hydrogen-bond donors (Lipinski definition) is 1. The predicted octanol–water partition coefficient (Wildman–Crippen LogP) is 3.18. The Bertz CT molecular complexity index is 401. The van der Waals surface area contributed by atoms with Gasteiger partial charge in [-0.05, 0) is 50.0 Å². The van der Waals surface area contributed by atoms with Crippen molar-refractivity contribution in [3.8, 4) is 0 Å². The van der Waals surface area contributed by atoms with E-state index < -0.39 is 0 Å². The van der Waals surface area contributed by atoms with Gasteiger partial charge in [0.1, 0.15) is 5.82 Å². The van der Waals surface area contributed by atoms with Crippen molar-refractivity contribution in [3.05, 3.63) is 35.6 Å². The first-order valence-electron chi connectivity index (χ1n) is 7.39. The summed E-state index contributed by atoms with van der Waals surface area (Å²) in [6.07, 6.45) is 3.45. The van der Waals surface area contributed by atoms with Gasteiger partial charge in [-0.25, -0.2) is 4.39 Å². The summed E-state index contributed by atoms with van der Waals surface area (Å²) in [5.74, 6) is -0.136. The van der Waals surface area contributed by atoms with E-state index in [-0.39, 0.29) is 11.4 Å². The maximum Gasteiger partial charge on any atom is 0.123 e. The van der Waals surface area contributed by atoms with Crippen LogP contribution < -0.4 is 5.32 Å². The number of nitrogens with one attached hydrogen (secondary N) is 1. The van der Waals surface area contributed by atoms with Crippen LogP contribution in [0.3, 0.4) is 0 Å². The van der Waals surface area contributed by atoms with Gasteiger partial charge in [-0.2, -0.15) is 0 Å². The third kappa shape index (κ3) is 3.77. The zero-order valence-electron chi connectivity index (χ0n) is 12.1. The molecule has 0 bridgehead atoms. The van der Waals surface area contributed by atoms with Gasteiger partial charge < -0.3 is 5.32 Å². The lowest BCUT2D eigenvalue weighted by molar-refractivity contribution is 0.191. The van der Waals surface area contributed by atoms with E-state index in [0.717, 1.165) is 51.0 Å². The zero-order chi connectivity index (χ0) is 13.7. The molecule has 106 valence electrons. The molecule has 2 rings (SSSR count). The van der Waals surface area contributed by atoms with Crippen LogP contribution in [0.25, 0.3) is 0 Å². The molecule has 0 unspecified atom stereocenters. The van der Waals surface area contributed by atoms with Gasteiger partial charge in [0.05, 0.1) is 0 Å². The van der Waals surface area contributed by atoms with E-state index in [2.05, 4.69) is 24.1 Å². The molecule has 3 heteroatoms. The van der Waals surface area contributed by atoms with Gasteiger partial charge in [0.25, 0.3) is 0 Å². The molecule has 0 aromatic heterocycles. The Kier molecular flexibility index (Phi) is 4.94. The molecule has 0 radical (unpaired) electrons. The van der Waals surface area contributed by atoms with Crippen LogP contribution in [-0.4, -0.2) is 30.1 Å². The fourth-order valence-electron chi connectivity index (χ4n) is 2.97. The highest BCUT2D eigenvalue weighted by molar-refractivity contribution is 5.16. The fourth-order valence-corrected chi connectivity index (χ4v) is 2.97. The van der Waals surface area contributed by atoms with E-state index in [0.29, 0.717) is 0 Å². The average molecular weight is 264 g/mol. The number of hydrogen-bond acceptors (Lipinski definition) is 2. The van der Waals surface area contributed by atoms with Crippen LogP contribution >= 0.6 is 0 Å². The van der Waals surface area contributed by atoms with Crippen LogP contribution in [-0.2, 0) is 6.54 Å². The molecule has 1 heterocycles. The SMILES string of the molecule is CCC1(CC)CN(Cc2cccc(F)c2)CCCN1. The molecule has 0 spiro atoms. The highest BCUT2D eigenvalue weighted by Crippen LogP contribution is 2.21. The molecule has 0 atom stereocenters. The smallest absolute Gasteiger partial charge is 0.123 e. The minimum atomic E-state index is -0.136. The minimum absolute atomic E-state index is 0.136. The highest BCUT2D eigenvalue weighted by atomic mass is 19.1. The molecule has 1 aromatic carbocycles. The molecule has 0 aliphatic carbocycles.